The number of thiocarbonyl (C=S) groups is 2. The quantitative estimate of drug-likeness (QED) is 0.345. The largest absolute Gasteiger partial charge is 0.362 e. The van der Waals surface area contributed by atoms with Crippen LogP contribution >= 0.6 is 24.4 Å². The highest BCUT2D eigenvalue weighted by Crippen LogP contribution is 2.02. The Hall–Kier alpha value is -2.13. The molecule has 24 heavy (non-hydrogen) atoms. The zero-order valence-electron chi connectivity index (χ0n) is 14.3. The summed E-state index contributed by atoms with van der Waals surface area (Å²) in [5.74, 6) is 0. The lowest BCUT2D eigenvalue weighted by molar-refractivity contribution is 0.898. The van der Waals surface area contributed by atoms with Gasteiger partial charge in [0.1, 0.15) is 0 Å². The average molecular weight is 366 g/mol. The van der Waals surface area contributed by atoms with Crippen molar-refractivity contribution in [2.75, 3.05) is 13.1 Å². The molecule has 0 aliphatic heterocycles. The molecule has 0 aliphatic carbocycles. The molecule has 0 atom stereocenters. The number of rotatable bonds is 6. The van der Waals surface area contributed by atoms with Crippen LogP contribution in [0.2, 0.25) is 0 Å². The van der Waals surface area contributed by atoms with Crippen LogP contribution in [0.1, 0.15) is 39.1 Å². The lowest BCUT2D eigenvalue weighted by Crippen LogP contribution is -2.32. The number of pyridine rings is 1. The second kappa shape index (κ2) is 10.6. The highest BCUT2D eigenvalue weighted by atomic mass is 32.1. The van der Waals surface area contributed by atoms with E-state index in [0.717, 1.165) is 35.9 Å². The fourth-order valence-electron chi connectivity index (χ4n) is 1.62. The minimum Gasteiger partial charge on any atom is -0.362 e. The molecule has 1 rings (SSSR count). The van der Waals surface area contributed by atoms with Gasteiger partial charge in [0.05, 0.1) is 22.8 Å². The first-order valence-electron chi connectivity index (χ1n) is 7.62. The Morgan fingerprint density at radius 3 is 1.71 bits per heavy atom. The summed E-state index contributed by atoms with van der Waals surface area (Å²) >= 11 is 10.1. The Morgan fingerprint density at radius 2 is 1.33 bits per heavy atom. The maximum Gasteiger partial charge on any atom is 0.186 e. The fourth-order valence-corrected chi connectivity index (χ4v) is 2.00. The van der Waals surface area contributed by atoms with E-state index in [9.17, 15) is 0 Å². The summed E-state index contributed by atoms with van der Waals surface area (Å²) in [6.07, 6.45) is 0. The predicted octanol–water partition coefficient (Wildman–Crippen LogP) is 1.50. The molecule has 0 saturated carbocycles. The summed E-state index contributed by atoms with van der Waals surface area (Å²) in [4.78, 5) is 4.55. The summed E-state index contributed by atoms with van der Waals surface area (Å²) < 4.78 is 0. The average Bonchev–Trinajstić information content (AvgIpc) is 2.58. The highest BCUT2D eigenvalue weighted by molar-refractivity contribution is 7.80. The molecule has 0 spiro atoms. The number of hydrogen-bond donors (Lipinski definition) is 4. The third kappa shape index (κ3) is 6.97. The van der Waals surface area contributed by atoms with E-state index in [4.69, 9.17) is 24.4 Å². The summed E-state index contributed by atoms with van der Waals surface area (Å²) in [6, 6.07) is 5.66. The predicted molar refractivity (Wildman–Crippen MR) is 107 cm³/mol. The van der Waals surface area contributed by atoms with E-state index >= 15 is 0 Å². The molecule has 1 aromatic heterocycles. The summed E-state index contributed by atoms with van der Waals surface area (Å²) in [6.45, 7) is 9.13. The number of hydrogen-bond acceptors (Lipinski definition) is 5. The van der Waals surface area contributed by atoms with Crippen molar-refractivity contribution in [1.29, 1.82) is 0 Å². The van der Waals surface area contributed by atoms with Crippen molar-refractivity contribution in [3.8, 4) is 0 Å². The lowest BCUT2D eigenvalue weighted by atomic mass is 10.2. The van der Waals surface area contributed by atoms with E-state index in [-0.39, 0.29) is 0 Å². The molecule has 0 fully saturated rings. The standard InChI is InChI=1S/C15H23N7S2/c1-5-16-14(23)21-19-10(3)12-8-7-9-13(18-12)11(4)20-22-15(24)17-6-2/h7-9H,5-6H2,1-4H3,(H2,16,21,23)(H2,17,22,24). The van der Waals surface area contributed by atoms with E-state index in [2.05, 4.69) is 36.7 Å². The first-order chi connectivity index (χ1) is 11.5. The fraction of sp³-hybridized carbons (Fsp3) is 0.400. The first-order valence-corrected chi connectivity index (χ1v) is 8.43. The normalized spacial score (nSPS) is 11.7. The molecule has 1 aromatic rings. The van der Waals surface area contributed by atoms with Crippen molar-refractivity contribution >= 4 is 46.1 Å². The number of hydrazone groups is 2. The molecule has 0 saturated heterocycles. The molecular formula is C15H23N7S2. The maximum absolute atomic E-state index is 5.07. The van der Waals surface area contributed by atoms with Crippen LogP contribution in [0.25, 0.3) is 0 Å². The van der Waals surface area contributed by atoms with Gasteiger partial charge in [0.25, 0.3) is 0 Å². The van der Waals surface area contributed by atoms with Crippen molar-refractivity contribution in [3.05, 3.63) is 29.6 Å². The van der Waals surface area contributed by atoms with Gasteiger partial charge in [-0.2, -0.15) is 10.2 Å². The third-order valence-corrected chi connectivity index (χ3v) is 3.29. The zero-order chi connectivity index (χ0) is 17.9. The second-order valence-corrected chi connectivity index (χ2v) is 5.56. The molecule has 0 aliphatic rings. The van der Waals surface area contributed by atoms with Crippen LogP contribution in [0, 0.1) is 0 Å². The minimum atomic E-state index is 0.479. The van der Waals surface area contributed by atoms with Gasteiger partial charge in [-0.1, -0.05) is 6.07 Å². The highest BCUT2D eigenvalue weighted by Gasteiger charge is 2.05. The molecule has 130 valence electrons. The van der Waals surface area contributed by atoms with Crippen LogP contribution in [0.3, 0.4) is 0 Å². The molecule has 0 bridgehead atoms. The second-order valence-electron chi connectivity index (χ2n) is 4.75. The van der Waals surface area contributed by atoms with E-state index < -0.39 is 0 Å². The molecule has 0 radical (unpaired) electrons. The topological polar surface area (TPSA) is 85.7 Å². The van der Waals surface area contributed by atoms with Crippen molar-refractivity contribution in [2.45, 2.75) is 27.7 Å². The summed E-state index contributed by atoms with van der Waals surface area (Å²) in [5.41, 5.74) is 8.49. The Kier molecular flexibility index (Phi) is 8.80. The Balaban J connectivity index is 2.81. The molecule has 4 N–H and O–H groups in total. The maximum atomic E-state index is 5.07. The number of nitrogens with one attached hydrogen (secondary N) is 4. The van der Waals surface area contributed by atoms with Crippen molar-refractivity contribution < 1.29 is 0 Å². The van der Waals surface area contributed by atoms with Crippen molar-refractivity contribution in [3.63, 3.8) is 0 Å². The van der Waals surface area contributed by atoms with Crippen LogP contribution in [-0.4, -0.2) is 39.7 Å². The van der Waals surface area contributed by atoms with Gasteiger partial charge in [-0.15, -0.1) is 0 Å². The molecule has 0 unspecified atom stereocenters. The van der Waals surface area contributed by atoms with Crippen LogP contribution in [0.15, 0.2) is 28.4 Å². The van der Waals surface area contributed by atoms with Crippen molar-refractivity contribution in [1.82, 2.24) is 26.5 Å². The van der Waals surface area contributed by atoms with Gasteiger partial charge in [-0.3, -0.25) is 10.9 Å². The molecule has 9 heteroatoms. The van der Waals surface area contributed by atoms with Crippen molar-refractivity contribution in [2.24, 2.45) is 10.2 Å². The van der Waals surface area contributed by atoms with E-state index in [1.54, 1.807) is 0 Å². The third-order valence-electron chi connectivity index (χ3n) is 2.82. The Bertz CT molecular complexity index is 589. The van der Waals surface area contributed by atoms with Gasteiger partial charge in [-0.05, 0) is 64.3 Å². The van der Waals surface area contributed by atoms with Gasteiger partial charge in [-0.25, -0.2) is 4.98 Å². The molecule has 0 aromatic carbocycles. The first kappa shape index (κ1) is 19.9. The molecule has 7 nitrogen and oxygen atoms in total. The van der Waals surface area contributed by atoms with Gasteiger partial charge in [0.2, 0.25) is 0 Å². The molecule has 1 heterocycles. The van der Waals surface area contributed by atoms with E-state index in [1.165, 1.54) is 0 Å². The van der Waals surface area contributed by atoms with E-state index in [0.29, 0.717) is 10.2 Å². The summed E-state index contributed by atoms with van der Waals surface area (Å²) in [5, 5.41) is 15.3. The Morgan fingerprint density at radius 1 is 0.917 bits per heavy atom. The minimum absolute atomic E-state index is 0.479. The zero-order valence-corrected chi connectivity index (χ0v) is 15.9. The number of nitrogens with zero attached hydrogens (tertiary/aromatic N) is 3. The SMILES string of the molecule is CCNC(=S)NN=C(C)c1cccc(C(C)=NNC(=S)NCC)n1. The van der Waals surface area contributed by atoms with Gasteiger partial charge >= 0.3 is 0 Å². The van der Waals surface area contributed by atoms with Crippen LogP contribution in [0.5, 0.6) is 0 Å². The molecule has 0 amide bonds. The Labute approximate surface area is 153 Å². The smallest absolute Gasteiger partial charge is 0.186 e. The van der Waals surface area contributed by atoms with Crippen LogP contribution < -0.4 is 21.5 Å². The van der Waals surface area contributed by atoms with Crippen LogP contribution in [0.4, 0.5) is 0 Å². The van der Waals surface area contributed by atoms with Gasteiger partial charge < -0.3 is 10.6 Å². The van der Waals surface area contributed by atoms with Gasteiger partial charge in [0, 0.05) is 13.1 Å². The van der Waals surface area contributed by atoms with Gasteiger partial charge in [0.15, 0.2) is 10.2 Å². The summed E-state index contributed by atoms with van der Waals surface area (Å²) in [7, 11) is 0. The van der Waals surface area contributed by atoms with E-state index in [1.807, 2.05) is 45.9 Å². The molecular weight excluding hydrogens is 342 g/mol. The monoisotopic (exact) mass is 365 g/mol. The number of aromatic nitrogens is 1. The lowest BCUT2D eigenvalue weighted by Gasteiger charge is -2.07. The van der Waals surface area contributed by atoms with Crippen LogP contribution in [-0.2, 0) is 0 Å².